The molecule has 1 saturated heterocycles. The smallest absolute Gasteiger partial charge is 0.251 e. The lowest BCUT2D eigenvalue weighted by Crippen LogP contribution is -2.39. The Morgan fingerprint density at radius 3 is 2.73 bits per heavy atom. The normalized spacial score (nSPS) is 14.9. The summed E-state index contributed by atoms with van der Waals surface area (Å²) in [6.07, 6.45) is 3.00. The molecule has 4 rings (SSSR count). The van der Waals surface area contributed by atoms with Crippen LogP contribution in [0.25, 0.3) is 11.3 Å². The molecule has 30 heavy (non-hydrogen) atoms. The van der Waals surface area contributed by atoms with Crippen molar-refractivity contribution in [1.82, 2.24) is 29.6 Å². The van der Waals surface area contributed by atoms with Gasteiger partial charge in [-0.3, -0.25) is 9.59 Å². The summed E-state index contributed by atoms with van der Waals surface area (Å²) in [5.41, 5.74) is 1.58. The Morgan fingerprint density at radius 1 is 1.27 bits per heavy atom. The van der Waals surface area contributed by atoms with Crippen LogP contribution < -0.4 is 5.56 Å². The summed E-state index contributed by atoms with van der Waals surface area (Å²) in [5.74, 6) is 2.87. The molecule has 1 aliphatic rings. The number of aromatic amines is 1. The molecule has 9 heteroatoms. The first kappa shape index (κ1) is 20.5. The standard InChI is InChI=1S/C21H26N6O2S/c1-14-22-15(2)27(25-14)9-5-21(29)26-7-3-16(4-8-26)11-19-23-18(12-20(28)24-19)17-6-10-30-13-17/h6,10,12-13,16H,3-5,7-9,11H2,1-2H3,(H,23,24,28). The largest absolute Gasteiger partial charge is 0.343 e. The van der Waals surface area contributed by atoms with E-state index in [1.807, 2.05) is 35.6 Å². The van der Waals surface area contributed by atoms with Crippen molar-refractivity contribution in [3.63, 3.8) is 0 Å². The first-order chi connectivity index (χ1) is 14.5. The second kappa shape index (κ2) is 8.91. The lowest BCUT2D eigenvalue weighted by atomic mass is 9.93. The second-order valence-corrected chi connectivity index (χ2v) is 8.58. The van der Waals surface area contributed by atoms with Crippen molar-refractivity contribution in [2.24, 2.45) is 5.92 Å². The molecule has 3 aromatic rings. The van der Waals surface area contributed by atoms with Gasteiger partial charge in [-0.2, -0.15) is 16.4 Å². The average molecular weight is 427 g/mol. The van der Waals surface area contributed by atoms with Crippen LogP contribution in [0.4, 0.5) is 0 Å². The number of piperidine rings is 1. The lowest BCUT2D eigenvalue weighted by Gasteiger charge is -2.32. The number of thiophene rings is 1. The third kappa shape index (κ3) is 4.84. The molecule has 1 fully saturated rings. The molecule has 0 spiro atoms. The number of hydrogen-bond acceptors (Lipinski definition) is 6. The topological polar surface area (TPSA) is 96.8 Å². The second-order valence-electron chi connectivity index (χ2n) is 7.80. The number of amides is 1. The highest BCUT2D eigenvalue weighted by molar-refractivity contribution is 7.08. The minimum atomic E-state index is -0.118. The molecule has 8 nitrogen and oxygen atoms in total. The maximum atomic E-state index is 12.6. The van der Waals surface area contributed by atoms with E-state index in [1.54, 1.807) is 22.1 Å². The predicted octanol–water partition coefficient (Wildman–Crippen LogP) is 2.58. The molecule has 158 valence electrons. The molecule has 3 aromatic heterocycles. The van der Waals surface area contributed by atoms with Gasteiger partial charge in [0.05, 0.1) is 12.2 Å². The number of nitrogens with zero attached hydrogens (tertiary/aromatic N) is 5. The van der Waals surface area contributed by atoms with Crippen LogP contribution in [0.3, 0.4) is 0 Å². The van der Waals surface area contributed by atoms with E-state index < -0.39 is 0 Å². The van der Waals surface area contributed by atoms with Gasteiger partial charge in [-0.05, 0) is 44.1 Å². The van der Waals surface area contributed by atoms with Crippen LogP contribution in [0, 0.1) is 19.8 Å². The van der Waals surface area contributed by atoms with Crippen LogP contribution in [0.1, 0.15) is 36.7 Å². The van der Waals surface area contributed by atoms with Crippen molar-refractivity contribution in [3.05, 3.63) is 50.7 Å². The van der Waals surface area contributed by atoms with E-state index in [9.17, 15) is 9.59 Å². The number of rotatable bonds is 6. The fourth-order valence-electron chi connectivity index (χ4n) is 3.96. The summed E-state index contributed by atoms with van der Waals surface area (Å²) in [6, 6.07) is 3.52. The molecule has 1 aliphatic heterocycles. The van der Waals surface area contributed by atoms with Crippen LogP contribution in [-0.2, 0) is 17.8 Å². The fourth-order valence-corrected chi connectivity index (χ4v) is 4.61. The highest BCUT2D eigenvalue weighted by atomic mass is 32.1. The summed E-state index contributed by atoms with van der Waals surface area (Å²) in [5, 5.41) is 8.30. The quantitative estimate of drug-likeness (QED) is 0.653. The van der Waals surface area contributed by atoms with E-state index in [-0.39, 0.29) is 11.5 Å². The third-order valence-corrected chi connectivity index (χ3v) is 6.24. The molecule has 0 atom stereocenters. The summed E-state index contributed by atoms with van der Waals surface area (Å²) in [4.78, 5) is 38.4. The molecule has 1 amide bonds. The zero-order valence-electron chi connectivity index (χ0n) is 17.3. The van der Waals surface area contributed by atoms with E-state index in [4.69, 9.17) is 0 Å². The summed E-state index contributed by atoms with van der Waals surface area (Å²) in [7, 11) is 0. The minimum Gasteiger partial charge on any atom is -0.343 e. The zero-order chi connectivity index (χ0) is 21.1. The molecule has 4 heterocycles. The minimum absolute atomic E-state index is 0.118. The number of carbonyl (C=O) groups excluding carboxylic acids is 1. The Hall–Kier alpha value is -2.81. The highest BCUT2D eigenvalue weighted by Crippen LogP contribution is 2.23. The van der Waals surface area contributed by atoms with Gasteiger partial charge in [0.2, 0.25) is 5.91 Å². The Kier molecular flexibility index (Phi) is 6.08. The van der Waals surface area contributed by atoms with Crippen LogP contribution >= 0.6 is 11.3 Å². The van der Waals surface area contributed by atoms with Crippen molar-refractivity contribution in [2.45, 2.75) is 46.1 Å². The SMILES string of the molecule is Cc1nc(C)n(CCC(=O)N2CCC(Cc3nc(-c4ccsc4)cc(=O)[nH]3)CC2)n1. The maximum Gasteiger partial charge on any atom is 0.251 e. The van der Waals surface area contributed by atoms with Gasteiger partial charge >= 0.3 is 0 Å². The van der Waals surface area contributed by atoms with Crippen LogP contribution in [0.15, 0.2) is 27.7 Å². The molecule has 0 unspecified atom stereocenters. The number of carbonyl (C=O) groups is 1. The van der Waals surface area contributed by atoms with Gasteiger partial charge in [0.25, 0.3) is 5.56 Å². The molecule has 0 saturated carbocycles. The maximum absolute atomic E-state index is 12.6. The van der Waals surface area contributed by atoms with E-state index in [0.717, 1.165) is 61.1 Å². The lowest BCUT2D eigenvalue weighted by molar-refractivity contribution is -0.132. The molecular weight excluding hydrogens is 400 g/mol. The zero-order valence-corrected chi connectivity index (χ0v) is 18.1. The summed E-state index contributed by atoms with van der Waals surface area (Å²) in [6.45, 7) is 5.81. The van der Waals surface area contributed by atoms with Gasteiger partial charge in [-0.15, -0.1) is 0 Å². The van der Waals surface area contributed by atoms with Gasteiger partial charge < -0.3 is 9.88 Å². The Bertz CT molecular complexity index is 1060. The van der Waals surface area contributed by atoms with Crippen molar-refractivity contribution in [2.75, 3.05) is 13.1 Å². The predicted molar refractivity (Wildman–Crippen MR) is 115 cm³/mol. The van der Waals surface area contributed by atoms with Gasteiger partial charge in [0.15, 0.2) is 0 Å². The average Bonchev–Trinajstić information content (AvgIpc) is 3.36. The van der Waals surface area contributed by atoms with Crippen molar-refractivity contribution in [1.29, 1.82) is 0 Å². The number of nitrogens with one attached hydrogen (secondary N) is 1. The number of H-pyrrole nitrogens is 1. The number of likely N-dealkylation sites (tertiary alicyclic amines) is 1. The highest BCUT2D eigenvalue weighted by Gasteiger charge is 2.24. The monoisotopic (exact) mass is 426 g/mol. The molecule has 0 aliphatic carbocycles. The Morgan fingerprint density at radius 2 is 2.07 bits per heavy atom. The van der Waals surface area contributed by atoms with Gasteiger partial charge in [-0.25, -0.2) is 14.6 Å². The first-order valence-electron chi connectivity index (χ1n) is 10.3. The van der Waals surface area contributed by atoms with E-state index in [0.29, 0.717) is 18.9 Å². The molecule has 1 N–H and O–H groups in total. The first-order valence-corrected chi connectivity index (χ1v) is 11.2. The van der Waals surface area contributed by atoms with Crippen LogP contribution in [0.2, 0.25) is 0 Å². The molecule has 0 bridgehead atoms. The summed E-state index contributed by atoms with van der Waals surface area (Å²) < 4.78 is 1.79. The van der Waals surface area contributed by atoms with Gasteiger partial charge in [0, 0.05) is 42.9 Å². The fraction of sp³-hybridized carbons (Fsp3) is 0.476. The third-order valence-electron chi connectivity index (χ3n) is 5.56. The van der Waals surface area contributed by atoms with Crippen LogP contribution in [0.5, 0.6) is 0 Å². The van der Waals surface area contributed by atoms with Gasteiger partial charge in [-0.1, -0.05) is 0 Å². The van der Waals surface area contributed by atoms with Crippen molar-refractivity contribution >= 4 is 17.2 Å². The molecule has 0 aromatic carbocycles. The van der Waals surface area contributed by atoms with E-state index in [1.165, 1.54) is 0 Å². The molecule has 0 radical (unpaired) electrons. The molecular formula is C21H26N6O2S. The van der Waals surface area contributed by atoms with Crippen molar-refractivity contribution in [3.8, 4) is 11.3 Å². The Labute approximate surface area is 179 Å². The van der Waals surface area contributed by atoms with Crippen molar-refractivity contribution < 1.29 is 4.79 Å². The van der Waals surface area contributed by atoms with E-state index in [2.05, 4.69) is 20.1 Å². The van der Waals surface area contributed by atoms with Gasteiger partial charge in [0.1, 0.15) is 17.5 Å². The summed E-state index contributed by atoms with van der Waals surface area (Å²) >= 11 is 1.59. The number of aromatic nitrogens is 5. The number of aryl methyl sites for hydroxylation is 3. The number of hydrogen-bond donors (Lipinski definition) is 1. The Balaban J connectivity index is 1.30. The van der Waals surface area contributed by atoms with Crippen LogP contribution in [-0.4, -0.2) is 48.6 Å². The van der Waals surface area contributed by atoms with E-state index >= 15 is 0 Å².